The summed E-state index contributed by atoms with van der Waals surface area (Å²) in [6, 6.07) is 8.87. The van der Waals surface area contributed by atoms with E-state index < -0.39 is 0 Å². The maximum atomic E-state index is 6.19. The number of nitrogens with zero attached hydrogens (tertiary/aromatic N) is 1. The van der Waals surface area contributed by atoms with E-state index in [0.717, 1.165) is 6.54 Å². The van der Waals surface area contributed by atoms with Gasteiger partial charge in [-0.3, -0.25) is 0 Å². The summed E-state index contributed by atoms with van der Waals surface area (Å²) in [5.41, 5.74) is 9.31. The largest absolute Gasteiger partial charge is 0.363 e. The molecule has 2 nitrogen and oxygen atoms in total. The van der Waals surface area contributed by atoms with Crippen molar-refractivity contribution in [3.05, 3.63) is 29.8 Å². The third-order valence-electron chi connectivity index (χ3n) is 4.66. The molecule has 2 aliphatic rings. The van der Waals surface area contributed by atoms with E-state index in [9.17, 15) is 0 Å². The van der Waals surface area contributed by atoms with E-state index in [4.69, 9.17) is 5.73 Å². The van der Waals surface area contributed by atoms with Crippen LogP contribution in [0.3, 0.4) is 0 Å². The summed E-state index contributed by atoms with van der Waals surface area (Å²) in [5, 5.41) is 0.633. The predicted octanol–water partition coefficient (Wildman–Crippen LogP) is 2.66. The molecular weight excluding hydrogens is 240 g/mol. The topological polar surface area (TPSA) is 29.3 Å². The van der Waals surface area contributed by atoms with Crippen LogP contribution in [-0.4, -0.2) is 29.6 Å². The molecule has 1 fully saturated rings. The van der Waals surface area contributed by atoms with E-state index >= 15 is 0 Å². The fourth-order valence-electron chi connectivity index (χ4n) is 3.50. The summed E-state index contributed by atoms with van der Waals surface area (Å²) >= 11 is 2.08. The molecule has 18 heavy (non-hydrogen) atoms. The number of aryl methyl sites for hydroxylation is 1. The molecule has 2 atom stereocenters. The molecule has 98 valence electrons. The molecule has 2 aliphatic heterocycles. The molecule has 3 rings (SSSR count). The van der Waals surface area contributed by atoms with Crippen LogP contribution >= 0.6 is 11.8 Å². The number of hydrogen-bond donors (Lipinski definition) is 1. The fourth-order valence-corrected chi connectivity index (χ4v) is 4.98. The average Bonchev–Trinajstić information content (AvgIpc) is 2.80. The van der Waals surface area contributed by atoms with Crippen LogP contribution in [0.25, 0.3) is 0 Å². The summed E-state index contributed by atoms with van der Waals surface area (Å²) < 4.78 is 0. The molecule has 0 amide bonds. The van der Waals surface area contributed by atoms with Gasteiger partial charge in [-0.1, -0.05) is 25.1 Å². The lowest BCUT2D eigenvalue weighted by molar-refractivity contribution is 0.385. The van der Waals surface area contributed by atoms with Crippen LogP contribution in [0, 0.1) is 0 Å². The molecule has 0 aromatic heterocycles. The van der Waals surface area contributed by atoms with Gasteiger partial charge in [0.2, 0.25) is 0 Å². The Kier molecular flexibility index (Phi) is 3.29. The van der Waals surface area contributed by atoms with Gasteiger partial charge < -0.3 is 10.6 Å². The first-order chi connectivity index (χ1) is 8.78. The van der Waals surface area contributed by atoms with Gasteiger partial charge in [0, 0.05) is 24.0 Å². The van der Waals surface area contributed by atoms with Gasteiger partial charge in [-0.15, -0.1) is 0 Å². The Hall–Kier alpha value is -0.670. The quantitative estimate of drug-likeness (QED) is 0.888. The minimum Gasteiger partial charge on any atom is -0.363 e. The molecule has 0 radical (unpaired) electrons. The Morgan fingerprint density at radius 3 is 3.00 bits per heavy atom. The number of benzene rings is 1. The van der Waals surface area contributed by atoms with Gasteiger partial charge in [-0.05, 0) is 36.6 Å². The highest BCUT2D eigenvalue weighted by atomic mass is 32.2. The summed E-state index contributed by atoms with van der Waals surface area (Å²) in [5.74, 6) is 1.25. The minimum atomic E-state index is 0.182. The highest BCUT2D eigenvalue weighted by molar-refractivity contribution is 8.00. The number of hydrogen-bond acceptors (Lipinski definition) is 3. The predicted molar refractivity (Wildman–Crippen MR) is 80.4 cm³/mol. The van der Waals surface area contributed by atoms with E-state index in [1.807, 2.05) is 0 Å². The summed E-state index contributed by atoms with van der Waals surface area (Å²) in [6.07, 6.45) is 3.70. The fraction of sp³-hybridized carbons (Fsp3) is 0.600. The van der Waals surface area contributed by atoms with Crippen LogP contribution in [-0.2, 0) is 6.42 Å². The zero-order valence-corrected chi connectivity index (χ0v) is 11.9. The van der Waals surface area contributed by atoms with Crippen molar-refractivity contribution in [1.29, 1.82) is 0 Å². The maximum Gasteiger partial charge on any atom is 0.0647 e. The molecule has 3 heteroatoms. The molecule has 1 saturated heterocycles. The highest BCUT2D eigenvalue weighted by Crippen LogP contribution is 2.44. The van der Waals surface area contributed by atoms with Crippen molar-refractivity contribution in [3.8, 4) is 0 Å². The first-order valence-corrected chi connectivity index (χ1v) is 8.00. The Balaban J connectivity index is 2.02. The smallest absolute Gasteiger partial charge is 0.0647 e. The lowest BCUT2D eigenvalue weighted by Gasteiger charge is -2.47. The van der Waals surface area contributed by atoms with Crippen molar-refractivity contribution in [2.24, 2.45) is 5.73 Å². The Labute approximate surface area is 114 Å². The molecule has 0 spiro atoms. The van der Waals surface area contributed by atoms with Crippen LogP contribution in [0.15, 0.2) is 24.3 Å². The molecule has 0 saturated carbocycles. The normalized spacial score (nSPS) is 31.4. The number of fused-ring (bicyclic) bond motifs is 1. The number of rotatable bonds is 2. The van der Waals surface area contributed by atoms with Gasteiger partial charge in [-0.2, -0.15) is 11.8 Å². The van der Waals surface area contributed by atoms with Crippen molar-refractivity contribution in [3.63, 3.8) is 0 Å². The number of nitrogens with two attached hydrogens (primary N) is 1. The first-order valence-electron chi connectivity index (χ1n) is 6.95. The molecule has 0 aliphatic carbocycles. The van der Waals surface area contributed by atoms with Gasteiger partial charge in [0.05, 0.1) is 5.54 Å². The van der Waals surface area contributed by atoms with Crippen molar-refractivity contribution in [2.75, 3.05) is 23.7 Å². The van der Waals surface area contributed by atoms with E-state index in [0.29, 0.717) is 5.25 Å². The van der Waals surface area contributed by atoms with Crippen molar-refractivity contribution in [2.45, 2.75) is 37.0 Å². The van der Waals surface area contributed by atoms with E-state index in [1.54, 1.807) is 0 Å². The lowest BCUT2D eigenvalue weighted by Crippen LogP contribution is -2.59. The lowest BCUT2D eigenvalue weighted by atomic mass is 9.87. The second-order valence-electron chi connectivity index (χ2n) is 5.45. The third-order valence-corrected chi connectivity index (χ3v) is 6.04. The van der Waals surface area contributed by atoms with Crippen molar-refractivity contribution < 1.29 is 0 Å². The van der Waals surface area contributed by atoms with E-state index in [1.165, 1.54) is 42.8 Å². The average molecular weight is 262 g/mol. The van der Waals surface area contributed by atoms with E-state index in [-0.39, 0.29) is 5.54 Å². The standard InChI is InChI=1S/C15H22N2S/c1-12-15(11-16,8-10-18-12)17-9-4-6-13-5-2-3-7-14(13)17/h2-3,5,7,12H,4,6,8-11,16H2,1H3. The van der Waals surface area contributed by atoms with Gasteiger partial charge in [-0.25, -0.2) is 0 Å². The maximum absolute atomic E-state index is 6.19. The minimum absolute atomic E-state index is 0.182. The van der Waals surface area contributed by atoms with Gasteiger partial charge >= 0.3 is 0 Å². The number of para-hydroxylation sites is 1. The van der Waals surface area contributed by atoms with Crippen molar-refractivity contribution >= 4 is 17.4 Å². The highest BCUT2D eigenvalue weighted by Gasteiger charge is 2.45. The Bertz CT molecular complexity index is 434. The Morgan fingerprint density at radius 1 is 1.44 bits per heavy atom. The first kappa shape index (κ1) is 12.4. The number of anilines is 1. The summed E-state index contributed by atoms with van der Waals surface area (Å²) in [4.78, 5) is 2.62. The van der Waals surface area contributed by atoms with Crippen LogP contribution in [0.5, 0.6) is 0 Å². The van der Waals surface area contributed by atoms with Crippen LogP contribution < -0.4 is 10.6 Å². The second kappa shape index (κ2) is 4.78. The zero-order valence-electron chi connectivity index (χ0n) is 11.1. The molecule has 0 bridgehead atoms. The van der Waals surface area contributed by atoms with Gasteiger partial charge in [0.15, 0.2) is 0 Å². The second-order valence-corrected chi connectivity index (χ2v) is 6.90. The molecule has 2 unspecified atom stereocenters. The molecule has 1 aromatic rings. The van der Waals surface area contributed by atoms with Crippen LogP contribution in [0.1, 0.15) is 25.3 Å². The van der Waals surface area contributed by atoms with Crippen LogP contribution in [0.2, 0.25) is 0 Å². The van der Waals surface area contributed by atoms with Gasteiger partial charge in [0.1, 0.15) is 0 Å². The zero-order chi connectivity index (χ0) is 12.6. The Morgan fingerprint density at radius 2 is 2.28 bits per heavy atom. The monoisotopic (exact) mass is 262 g/mol. The molecule has 2 N–H and O–H groups in total. The SMILES string of the molecule is CC1SCCC1(CN)N1CCCc2ccccc21. The molecule has 2 heterocycles. The third kappa shape index (κ3) is 1.76. The summed E-state index contributed by atoms with van der Waals surface area (Å²) in [6.45, 7) is 4.29. The van der Waals surface area contributed by atoms with Crippen LogP contribution in [0.4, 0.5) is 5.69 Å². The summed E-state index contributed by atoms with van der Waals surface area (Å²) in [7, 11) is 0. The molecular formula is C15H22N2S. The van der Waals surface area contributed by atoms with E-state index in [2.05, 4.69) is 47.9 Å². The van der Waals surface area contributed by atoms with Gasteiger partial charge in [0.25, 0.3) is 0 Å². The van der Waals surface area contributed by atoms with Crippen molar-refractivity contribution in [1.82, 2.24) is 0 Å². The molecule has 1 aromatic carbocycles. The number of thioether (sulfide) groups is 1.